The van der Waals surface area contributed by atoms with Crippen LogP contribution in [0.15, 0.2) is 41.1 Å². The number of thiophene rings is 1. The SMILES string of the molecule is CC(C)C(=O)Nc1cccc(NC(=O)CCNC(=O)c2ccsc2)c1. The Morgan fingerprint density at radius 1 is 1.08 bits per heavy atom. The molecule has 0 atom stereocenters. The number of anilines is 2. The fourth-order valence-electron chi connectivity index (χ4n) is 1.97. The van der Waals surface area contributed by atoms with E-state index in [2.05, 4.69) is 16.0 Å². The van der Waals surface area contributed by atoms with Crippen molar-refractivity contribution in [2.75, 3.05) is 17.2 Å². The average Bonchev–Trinajstić information content (AvgIpc) is 3.09. The molecular weight excluding hydrogens is 338 g/mol. The summed E-state index contributed by atoms with van der Waals surface area (Å²) in [6, 6.07) is 8.69. The lowest BCUT2D eigenvalue weighted by Gasteiger charge is -2.10. The zero-order chi connectivity index (χ0) is 18.2. The number of hydrogen-bond acceptors (Lipinski definition) is 4. The van der Waals surface area contributed by atoms with Crippen LogP contribution < -0.4 is 16.0 Å². The van der Waals surface area contributed by atoms with Crippen LogP contribution in [0.3, 0.4) is 0 Å². The van der Waals surface area contributed by atoms with Gasteiger partial charge in [0.2, 0.25) is 11.8 Å². The third-order valence-electron chi connectivity index (χ3n) is 3.36. The Balaban J connectivity index is 1.80. The first-order valence-electron chi connectivity index (χ1n) is 7.97. The lowest BCUT2D eigenvalue weighted by atomic mass is 10.2. The highest BCUT2D eigenvalue weighted by molar-refractivity contribution is 7.08. The van der Waals surface area contributed by atoms with Crippen molar-refractivity contribution in [3.8, 4) is 0 Å². The molecule has 1 aromatic heterocycles. The van der Waals surface area contributed by atoms with E-state index >= 15 is 0 Å². The van der Waals surface area contributed by atoms with Crippen molar-refractivity contribution in [2.45, 2.75) is 20.3 Å². The van der Waals surface area contributed by atoms with Gasteiger partial charge in [0.15, 0.2) is 0 Å². The molecule has 2 aromatic rings. The third kappa shape index (κ3) is 6.04. The van der Waals surface area contributed by atoms with Gasteiger partial charge >= 0.3 is 0 Å². The zero-order valence-corrected chi connectivity index (χ0v) is 15.0. The highest BCUT2D eigenvalue weighted by Gasteiger charge is 2.09. The molecule has 3 N–H and O–H groups in total. The molecule has 1 aromatic carbocycles. The summed E-state index contributed by atoms with van der Waals surface area (Å²) in [7, 11) is 0. The van der Waals surface area contributed by atoms with Crippen LogP contribution in [0.25, 0.3) is 0 Å². The fourth-order valence-corrected chi connectivity index (χ4v) is 2.61. The molecule has 1 heterocycles. The fraction of sp³-hybridized carbons (Fsp3) is 0.278. The summed E-state index contributed by atoms with van der Waals surface area (Å²) in [5.41, 5.74) is 1.82. The van der Waals surface area contributed by atoms with Gasteiger partial charge in [-0.25, -0.2) is 0 Å². The molecule has 0 fully saturated rings. The number of carbonyl (C=O) groups excluding carboxylic acids is 3. The van der Waals surface area contributed by atoms with Gasteiger partial charge in [0.25, 0.3) is 5.91 Å². The largest absolute Gasteiger partial charge is 0.351 e. The molecule has 0 radical (unpaired) electrons. The van der Waals surface area contributed by atoms with Gasteiger partial charge in [0, 0.05) is 41.2 Å². The molecule has 25 heavy (non-hydrogen) atoms. The van der Waals surface area contributed by atoms with Gasteiger partial charge in [-0.05, 0) is 29.6 Å². The molecule has 0 unspecified atom stereocenters. The van der Waals surface area contributed by atoms with Crippen molar-refractivity contribution >= 4 is 40.4 Å². The van der Waals surface area contributed by atoms with Crippen LogP contribution in [-0.4, -0.2) is 24.3 Å². The van der Waals surface area contributed by atoms with E-state index < -0.39 is 0 Å². The topological polar surface area (TPSA) is 87.3 Å². The van der Waals surface area contributed by atoms with Gasteiger partial charge in [-0.15, -0.1) is 0 Å². The molecular formula is C18H21N3O3S. The number of carbonyl (C=O) groups is 3. The summed E-state index contributed by atoms with van der Waals surface area (Å²) >= 11 is 1.45. The Bertz CT molecular complexity index is 742. The Labute approximate surface area is 150 Å². The van der Waals surface area contributed by atoms with Crippen LogP contribution in [-0.2, 0) is 9.59 Å². The second-order valence-corrected chi connectivity index (χ2v) is 6.57. The minimum Gasteiger partial charge on any atom is -0.351 e. The maximum Gasteiger partial charge on any atom is 0.252 e. The van der Waals surface area contributed by atoms with Crippen molar-refractivity contribution in [1.82, 2.24) is 5.32 Å². The highest BCUT2D eigenvalue weighted by Crippen LogP contribution is 2.16. The smallest absolute Gasteiger partial charge is 0.252 e. The molecule has 6 nitrogen and oxygen atoms in total. The molecule has 0 aliphatic heterocycles. The predicted octanol–water partition coefficient (Wildman–Crippen LogP) is 3.10. The molecule has 0 aliphatic rings. The van der Waals surface area contributed by atoms with E-state index in [1.54, 1.807) is 35.7 Å². The minimum atomic E-state index is -0.210. The van der Waals surface area contributed by atoms with E-state index in [0.29, 0.717) is 16.9 Å². The van der Waals surface area contributed by atoms with Gasteiger partial charge in [-0.2, -0.15) is 11.3 Å². The van der Waals surface area contributed by atoms with Crippen LogP contribution in [0, 0.1) is 5.92 Å². The normalized spacial score (nSPS) is 10.4. The molecule has 7 heteroatoms. The monoisotopic (exact) mass is 359 g/mol. The molecule has 2 rings (SSSR count). The summed E-state index contributed by atoms with van der Waals surface area (Å²) in [6.07, 6.45) is 0.165. The zero-order valence-electron chi connectivity index (χ0n) is 14.2. The van der Waals surface area contributed by atoms with Crippen LogP contribution in [0.1, 0.15) is 30.6 Å². The highest BCUT2D eigenvalue weighted by atomic mass is 32.1. The van der Waals surface area contributed by atoms with Gasteiger partial charge in [0.05, 0.1) is 0 Å². The van der Waals surface area contributed by atoms with E-state index in [9.17, 15) is 14.4 Å². The van der Waals surface area contributed by atoms with E-state index in [1.165, 1.54) is 11.3 Å². The number of hydrogen-bond donors (Lipinski definition) is 3. The number of amides is 3. The van der Waals surface area contributed by atoms with Gasteiger partial charge < -0.3 is 16.0 Å². The second kappa shape index (κ2) is 8.98. The van der Waals surface area contributed by atoms with E-state index in [0.717, 1.165) is 0 Å². The first-order valence-corrected chi connectivity index (χ1v) is 8.91. The molecule has 3 amide bonds. The first-order chi connectivity index (χ1) is 12.0. The Hall–Kier alpha value is -2.67. The summed E-state index contributed by atoms with van der Waals surface area (Å²) in [5, 5.41) is 11.8. The standard InChI is InChI=1S/C18H21N3O3S/c1-12(2)17(23)21-15-5-3-4-14(10-15)20-16(22)6-8-19-18(24)13-7-9-25-11-13/h3-5,7,9-12H,6,8H2,1-2H3,(H,19,24)(H,20,22)(H,21,23). The maximum absolute atomic E-state index is 12.0. The predicted molar refractivity (Wildman–Crippen MR) is 99.8 cm³/mol. The van der Waals surface area contributed by atoms with Crippen LogP contribution in [0.4, 0.5) is 11.4 Å². The molecule has 0 bridgehead atoms. The lowest BCUT2D eigenvalue weighted by molar-refractivity contribution is -0.119. The van der Waals surface area contributed by atoms with Crippen molar-refractivity contribution < 1.29 is 14.4 Å². The van der Waals surface area contributed by atoms with Crippen molar-refractivity contribution in [2.24, 2.45) is 5.92 Å². The average molecular weight is 359 g/mol. The van der Waals surface area contributed by atoms with Crippen molar-refractivity contribution in [3.05, 3.63) is 46.7 Å². The van der Waals surface area contributed by atoms with Crippen LogP contribution in [0.5, 0.6) is 0 Å². The number of rotatable bonds is 7. The van der Waals surface area contributed by atoms with Crippen molar-refractivity contribution in [3.63, 3.8) is 0 Å². The van der Waals surface area contributed by atoms with E-state index in [-0.39, 0.29) is 36.6 Å². The van der Waals surface area contributed by atoms with Crippen LogP contribution >= 0.6 is 11.3 Å². The maximum atomic E-state index is 12.0. The van der Waals surface area contributed by atoms with E-state index in [1.807, 2.05) is 19.2 Å². The molecule has 132 valence electrons. The Morgan fingerprint density at radius 2 is 1.80 bits per heavy atom. The van der Waals surface area contributed by atoms with Crippen LogP contribution in [0.2, 0.25) is 0 Å². The quantitative estimate of drug-likeness (QED) is 0.710. The lowest BCUT2D eigenvalue weighted by Crippen LogP contribution is -2.27. The summed E-state index contributed by atoms with van der Waals surface area (Å²) in [4.78, 5) is 35.5. The van der Waals surface area contributed by atoms with E-state index in [4.69, 9.17) is 0 Å². The second-order valence-electron chi connectivity index (χ2n) is 5.79. The molecule has 0 saturated carbocycles. The van der Waals surface area contributed by atoms with Gasteiger partial charge in [-0.3, -0.25) is 14.4 Å². The van der Waals surface area contributed by atoms with Gasteiger partial charge in [-0.1, -0.05) is 19.9 Å². The number of benzene rings is 1. The summed E-state index contributed by atoms with van der Waals surface area (Å²) < 4.78 is 0. The Morgan fingerprint density at radius 3 is 2.44 bits per heavy atom. The van der Waals surface area contributed by atoms with Gasteiger partial charge in [0.1, 0.15) is 0 Å². The molecule has 0 spiro atoms. The Kier molecular flexibility index (Phi) is 6.71. The molecule has 0 saturated heterocycles. The summed E-state index contributed by atoms with van der Waals surface area (Å²) in [5.74, 6) is -0.602. The number of nitrogens with one attached hydrogen (secondary N) is 3. The minimum absolute atomic E-state index is 0.0837. The summed E-state index contributed by atoms with van der Waals surface area (Å²) in [6.45, 7) is 3.88. The van der Waals surface area contributed by atoms with Crippen molar-refractivity contribution in [1.29, 1.82) is 0 Å². The molecule has 0 aliphatic carbocycles. The first kappa shape index (κ1) is 18.7. The third-order valence-corrected chi connectivity index (χ3v) is 4.04.